The summed E-state index contributed by atoms with van der Waals surface area (Å²) < 4.78 is 0. The molecule has 1 fully saturated rings. The van der Waals surface area contributed by atoms with E-state index in [1.54, 1.807) is 6.08 Å². The average molecular weight is 182 g/mol. The van der Waals surface area contributed by atoms with E-state index in [0.717, 1.165) is 12.5 Å². The fourth-order valence-electron chi connectivity index (χ4n) is 1.71. The number of carboxylic acids is 1. The van der Waals surface area contributed by atoms with Crippen LogP contribution in [-0.2, 0) is 9.59 Å². The number of carbonyl (C=O) groups is 2. The fourth-order valence-corrected chi connectivity index (χ4v) is 1.71. The minimum Gasteiger partial charge on any atom is -0.478 e. The van der Waals surface area contributed by atoms with Crippen LogP contribution < -0.4 is 0 Å². The number of allylic oxidation sites excluding steroid dienone is 1. The number of hydrogen-bond acceptors (Lipinski definition) is 2. The monoisotopic (exact) mass is 182 g/mol. The molecule has 13 heavy (non-hydrogen) atoms. The van der Waals surface area contributed by atoms with Gasteiger partial charge in [0.2, 0.25) is 0 Å². The van der Waals surface area contributed by atoms with Crippen LogP contribution in [0.4, 0.5) is 0 Å². The first-order chi connectivity index (χ1) is 6.02. The summed E-state index contributed by atoms with van der Waals surface area (Å²) in [7, 11) is 0. The van der Waals surface area contributed by atoms with Gasteiger partial charge in [0, 0.05) is 18.9 Å². The number of aliphatic carboxylic acids is 1. The van der Waals surface area contributed by atoms with Gasteiger partial charge in [-0.3, -0.25) is 4.79 Å². The maximum Gasteiger partial charge on any atom is 0.327 e. The van der Waals surface area contributed by atoms with Crippen molar-refractivity contribution in [3.8, 4) is 0 Å². The molecular weight excluding hydrogens is 168 g/mol. The molecule has 0 spiro atoms. The van der Waals surface area contributed by atoms with Crippen molar-refractivity contribution in [3.63, 3.8) is 0 Å². The van der Waals surface area contributed by atoms with E-state index in [2.05, 4.69) is 0 Å². The first-order valence-electron chi connectivity index (χ1n) is 4.43. The first kappa shape index (κ1) is 9.96. The van der Waals surface area contributed by atoms with Crippen molar-refractivity contribution < 1.29 is 14.7 Å². The van der Waals surface area contributed by atoms with Crippen LogP contribution >= 0.6 is 0 Å². The highest BCUT2D eigenvalue weighted by Gasteiger charge is 2.32. The molecule has 0 heterocycles. The quantitative estimate of drug-likeness (QED) is 0.677. The molecule has 0 bridgehead atoms. The molecule has 1 atom stereocenters. The molecule has 72 valence electrons. The van der Waals surface area contributed by atoms with E-state index in [1.165, 1.54) is 0 Å². The third kappa shape index (κ3) is 3.01. The highest BCUT2D eigenvalue weighted by Crippen LogP contribution is 2.38. The molecule has 1 N–H and O–H groups in total. The van der Waals surface area contributed by atoms with Crippen LogP contribution in [0.3, 0.4) is 0 Å². The van der Waals surface area contributed by atoms with E-state index in [1.807, 2.05) is 6.92 Å². The molecule has 1 unspecified atom stereocenters. The second-order valence-electron chi connectivity index (χ2n) is 3.97. The minimum atomic E-state index is -0.923. The van der Waals surface area contributed by atoms with E-state index >= 15 is 0 Å². The standard InChI is InChI=1S/C10H14O3/c1-10(5-2-3-9(12)13)6-4-8(11)7-10/h2-3H,4-7H2,1H3,(H,12,13)/b3-2+. The van der Waals surface area contributed by atoms with Gasteiger partial charge in [-0.25, -0.2) is 4.79 Å². The van der Waals surface area contributed by atoms with Gasteiger partial charge in [-0.2, -0.15) is 0 Å². The van der Waals surface area contributed by atoms with Crippen molar-refractivity contribution in [3.05, 3.63) is 12.2 Å². The smallest absolute Gasteiger partial charge is 0.327 e. The lowest BCUT2D eigenvalue weighted by atomic mass is 9.85. The highest BCUT2D eigenvalue weighted by molar-refractivity contribution is 5.81. The molecule has 0 aromatic rings. The summed E-state index contributed by atoms with van der Waals surface area (Å²) in [6.07, 6.45) is 5.60. The number of hydrogen-bond donors (Lipinski definition) is 1. The third-order valence-electron chi connectivity index (χ3n) is 2.50. The van der Waals surface area contributed by atoms with Gasteiger partial charge in [-0.1, -0.05) is 13.0 Å². The number of ketones is 1. The molecule has 0 saturated heterocycles. The van der Waals surface area contributed by atoms with Crippen LogP contribution in [0.1, 0.15) is 32.6 Å². The van der Waals surface area contributed by atoms with Gasteiger partial charge < -0.3 is 5.11 Å². The van der Waals surface area contributed by atoms with E-state index < -0.39 is 5.97 Å². The summed E-state index contributed by atoms with van der Waals surface area (Å²) in [5, 5.41) is 8.37. The molecule has 1 saturated carbocycles. The van der Waals surface area contributed by atoms with Crippen molar-refractivity contribution in [1.29, 1.82) is 0 Å². The summed E-state index contributed by atoms with van der Waals surface area (Å²) in [5.74, 6) is -0.626. The number of Topliss-reactive ketones (excluding diaryl/α,β-unsaturated/α-hetero) is 1. The number of carboxylic acid groups (broad SMARTS) is 1. The zero-order valence-corrected chi connectivity index (χ0v) is 7.75. The summed E-state index contributed by atoms with van der Waals surface area (Å²) in [6.45, 7) is 2.03. The summed E-state index contributed by atoms with van der Waals surface area (Å²) >= 11 is 0. The molecule has 1 aliphatic carbocycles. The van der Waals surface area contributed by atoms with Crippen molar-refractivity contribution in [2.45, 2.75) is 32.6 Å². The average Bonchev–Trinajstić information content (AvgIpc) is 2.30. The van der Waals surface area contributed by atoms with Crippen molar-refractivity contribution in [2.75, 3.05) is 0 Å². The lowest BCUT2D eigenvalue weighted by Gasteiger charge is -2.19. The van der Waals surface area contributed by atoms with Crippen molar-refractivity contribution in [2.24, 2.45) is 5.41 Å². The summed E-state index contributed by atoms with van der Waals surface area (Å²) in [5.41, 5.74) is 0.00301. The maximum absolute atomic E-state index is 11.0. The van der Waals surface area contributed by atoms with Crippen molar-refractivity contribution >= 4 is 11.8 Å². The predicted octanol–water partition coefficient (Wildman–Crippen LogP) is 1.78. The topological polar surface area (TPSA) is 54.4 Å². The number of carbonyl (C=O) groups excluding carboxylic acids is 1. The van der Waals surface area contributed by atoms with Crippen LogP contribution in [0.15, 0.2) is 12.2 Å². The minimum absolute atomic E-state index is 0.00301. The Kier molecular flexibility index (Phi) is 2.86. The Balaban J connectivity index is 2.44. The largest absolute Gasteiger partial charge is 0.478 e. The Labute approximate surface area is 77.4 Å². The van der Waals surface area contributed by atoms with Crippen LogP contribution in [0.2, 0.25) is 0 Å². The Morgan fingerprint density at radius 1 is 1.69 bits per heavy atom. The van der Waals surface area contributed by atoms with Gasteiger partial charge >= 0.3 is 5.97 Å². The highest BCUT2D eigenvalue weighted by atomic mass is 16.4. The molecule has 0 amide bonds. The molecule has 0 aromatic heterocycles. The lowest BCUT2D eigenvalue weighted by molar-refractivity contribution is -0.131. The zero-order chi connectivity index (χ0) is 9.90. The molecule has 1 rings (SSSR count). The van der Waals surface area contributed by atoms with E-state index in [4.69, 9.17) is 5.11 Å². The SMILES string of the molecule is CC1(C/C=C/C(=O)O)CCC(=O)C1. The molecule has 0 aromatic carbocycles. The van der Waals surface area contributed by atoms with Crippen LogP contribution in [0, 0.1) is 5.41 Å². The molecule has 0 radical (unpaired) electrons. The van der Waals surface area contributed by atoms with Gasteiger partial charge in [0.25, 0.3) is 0 Å². The normalized spacial score (nSPS) is 28.5. The predicted molar refractivity (Wildman–Crippen MR) is 48.4 cm³/mol. The second kappa shape index (κ2) is 3.73. The zero-order valence-electron chi connectivity index (χ0n) is 7.75. The molecule has 1 aliphatic rings. The van der Waals surface area contributed by atoms with Gasteiger partial charge in [-0.15, -0.1) is 0 Å². The Morgan fingerprint density at radius 2 is 2.38 bits per heavy atom. The molecule has 3 nitrogen and oxygen atoms in total. The Bertz CT molecular complexity index is 255. The third-order valence-corrected chi connectivity index (χ3v) is 2.50. The molecule has 3 heteroatoms. The van der Waals surface area contributed by atoms with Gasteiger partial charge in [-0.05, 0) is 18.3 Å². The second-order valence-corrected chi connectivity index (χ2v) is 3.97. The van der Waals surface area contributed by atoms with E-state index in [9.17, 15) is 9.59 Å². The van der Waals surface area contributed by atoms with Crippen LogP contribution in [0.5, 0.6) is 0 Å². The molecular formula is C10H14O3. The fraction of sp³-hybridized carbons (Fsp3) is 0.600. The Morgan fingerprint density at radius 3 is 2.85 bits per heavy atom. The van der Waals surface area contributed by atoms with Gasteiger partial charge in [0.1, 0.15) is 5.78 Å². The van der Waals surface area contributed by atoms with E-state index in [0.29, 0.717) is 25.0 Å². The van der Waals surface area contributed by atoms with Crippen LogP contribution in [0.25, 0.3) is 0 Å². The molecule has 0 aliphatic heterocycles. The van der Waals surface area contributed by atoms with Gasteiger partial charge in [0.05, 0.1) is 0 Å². The summed E-state index contributed by atoms with van der Waals surface area (Å²) in [6, 6.07) is 0. The number of rotatable bonds is 3. The summed E-state index contributed by atoms with van der Waals surface area (Å²) in [4.78, 5) is 21.2. The maximum atomic E-state index is 11.0. The van der Waals surface area contributed by atoms with Crippen molar-refractivity contribution in [1.82, 2.24) is 0 Å². The first-order valence-corrected chi connectivity index (χ1v) is 4.43. The lowest BCUT2D eigenvalue weighted by Crippen LogP contribution is -2.10. The Hall–Kier alpha value is -1.12. The van der Waals surface area contributed by atoms with Crippen LogP contribution in [-0.4, -0.2) is 16.9 Å². The van der Waals surface area contributed by atoms with E-state index in [-0.39, 0.29) is 5.41 Å². The van der Waals surface area contributed by atoms with Gasteiger partial charge in [0.15, 0.2) is 0 Å².